The Morgan fingerprint density at radius 1 is 1.23 bits per heavy atom. The van der Waals surface area contributed by atoms with E-state index < -0.39 is 5.82 Å². The van der Waals surface area contributed by atoms with Gasteiger partial charge in [0.15, 0.2) is 4.77 Å². The van der Waals surface area contributed by atoms with Crippen LogP contribution in [0, 0.1) is 24.4 Å². The molecular formula is C18H18FN5OS. The van der Waals surface area contributed by atoms with Gasteiger partial charge in [-0.15, -0.1) is 0 Å². The lowest BCUT2D eigenvalue weighted by atomic mass is 10.1. The highest BCUT2D eigenvalue weighted by Gasteiger charge is 2.13. The van der Waals surface area contributed by atoms with Gasteiger partial charge < -0.3 is 0 Å². The number of hydrogen-bond acceptors (Lipinski definition) is 4. The lowest BCUT2D eigenvalue weighted by Crippen LogP contribution is -2.31. The molecule has 8 heteroatoms. The molecular weight excluding hydrogens is 353 g/mol. The molecule has 3 rings (SSSR count). The van der Waals surface area contributed by atoms with Crippen LogP contribution in [0.15, 0.2) is 42.5 Å². The van der Waals surface area contributed by atoms with Crippen LogP contribution in [0.2, 0.25) is 0 Å². The number of halogens is 1. The Bertz CT molecular complexity index is 1010. The minimum Gasteiger partial charge on any atom is -0.296 e. The van der Waals surface area contributed by atoms with Crippen LogP contribution >= 0.6 is 12.2 Å². The largest absolute Gasteiger partial charge is 0.296 e. The average molecular weight is 371 g/mol. The Morgan fingerprint density at radius 2 is 2.00 bits per heavy atom. The minimum absolute atomic E-state index is 0.0263. The molecule has 0 bridgehead atoms. The quantitative estimate of drug-likeness (QED) is 0.475. The van der Waals surface area contributed by atoms with Gasteiger partial charge in [-0.2, -0.15) is 5.10 Å². The molecule has 1 aromatic heterocycles. The van der Waals surface area contributed by atoms with Gasteiger partial charge in [0, 0.05) is 5.69 Å². The number of carbonyl (C=O) groups is 1. The van der Waals surface area contributed by atoms with Crippen molar-refractivity contribution in [1.82, 2.24) is 20.2 Å². The molecule has 0 spiro atoms. The summed E-state index contributed by atoms with van der Waals surface area (Å²) in [5, 5.41) is 6.85. The number of aromatic amines is 1. The minimum atomic E-state index is -0.453. The second-order valence-electron chi connectivity index (χ2n) is 5.88. The van der Waals surface area contributed by atoms with Crippen molar-refractivity contribution in [2.24, 2.45) is 0 Å². The van der Waals surface area contributed by atoms with E-state index in [0.29, 0.717) is 10.6 Å². The van der Waals surface area contributed by atoms with E-state index in [0.717, 1.165) is 16.8 Å². The van der Waals surface area contributed by atoms with Crippen molar-refractivity contribution in [2.45, 2.75) is 20.3 Å². The fourth-order valence-electron chi connectivity index (χ4n) is 2.47. The number of nitrogens with one attached hydrogen (secondary N) is 3. The maximum absolute atomic E-state index is 13.6. The van der Waals surface area contributed by atoms with E-state index in [-0.39, 0.29) is 18.0 Å². The summed E-state index contributed by atoms with van der Waals surface area (Å²) in [6.07, 6.45) is -0.0263. The third-order valence-electron chi connectivity index (χ3n) is 4.02. The van der Waals surface area contributed by atoms with Crippen LogP contribution in [0.1, 0.15) is 17.0 Å². The predicted molar refractivity (Wildman–Crippen MR) is 100 cm³/mol. The van der Waals surface area contributed by atoms with E-state index in [2.05, 4.69) is 21.0 Å². The molecule has 0 unspecified atom stereocenters. The van der Waals surface area contributed by atoms with Crippen molar-refractivity contribution in [1.29, 1.82) is 0 Å². The van der Waals surface area contributed by atoms with E-state index in [4.69, 9.17) is 12.2 Å². The SMILES string of the molecule is Cc1ccc(-n2c(CC(=O)NNc3ccccc3F)n[nH]c2=S)cc1C. The Morgan fingerprint density at radius 3 is 2.73 bits per heavy atom. The van der Waals surface area contributed by atoms with Crippen LogP contribution in [0.5, 0.6) is 0 Å². The van der Waals surface area contributed by atoms with Crippen LogP contribution in [0.4, 0.5) is 10.1 Å². The summed E-state index contributed by atoms with van der Waals surface area (Å²) in [5.41, 5.74) is 8.33. The summed E-state index contributed by atoms with van der Waals surface area (Å²) in [7, 11) is 0. The molecule has 6 nitrogen and oxygen atoms in total. The number of benzene rings is 2. The first-order valence-electron chi connectivity index (χ1n) is 7.99. The van der Waals surface area contributed by atoms with Gasteiger partial charge in [0.1, 0.15) is 11.6 Å². The molecule has 1 amide bonds. The molecule has 0 aliphatic rings. The van der Waals surface area contributed by atoms with Crippen LogP contribution in [0.25, 0.3) is 5.69 Å². The highest BCUT2D eigenvalue weighted by Crippen LogP contribution is 2.16. The van der Waals surface area contributed by atoms with Gasteiger partial charge in [-0.05, 0) is 61.5 Å². The first-order valence-corrected chi connectivity index (χ1v) is 8.40. The Kier molecular flexibility index (Phi) is 5.13. The molecule has 1 heterocycles. The zero-order chi connectivity index (χ0) is 18.7. The highest BCUT2D eigenvalue weighted by atomic mass is 32.1. The topological polar surface area (TPSA) is 74.7 Å². The zero-order valence-electron chi connectivity index (χ0n) is 14.3. The lowest BCUT2D eigenvalue weighted by Gasteiger charge is -2.11. The maximum atomic E-state index is 13.6. The van der Waals surface area contributed by atoms with E-state index in [1.807, 2.05) is 32.0 Å². The molecule has 26 heavy (non-hydrogen) atoms. The molecule has 3 N–H and O–H groups in total. The monoisotopic (exact) mass is 371 g/mol. The number of anilines is 1. The summed E-state index contributed by atoms with van der Waals surface area (Å²) in [6.45, 7) is 4.03. The number of nitrogens with zero attached hydrogens (tertiary/aromatic N) is 2. The first-order chi connectivity index (χ1) is 12.5. The van der Waals surface area contributed by atoms with Crippen molar-refractivity contribution in [3.8, 4) is 5.69 Å². The Hall–Kier alpha value is -3.00. The average Bonchev–Trinajstić information content (AvgIpc) is 2.97. The summed E-state index contributed by atoms with van der Waals surface area (Å²) in [6, 6.07) is 12.0. The van der Waals surface area contributed by atoms with Gasteiger partial charge in [0.2, 0.25) is 5.91 Å². The van der Waals surface area contributed by atoms with Crippen LogP contribution in [-0.4, -0.2) is 20.7 Å². The van der Waals surface area contributed by atoms with Gasteiger partial charge in [-0.25, -0.2) is 4.39 Å². The molecule has 0 radical (unpaired) electrons. The normalized spacial score (nSPS) is 10.6. The van der Waals surface area contributed by atoms with E-state index >= 15 is 0 Å². The number of aromatic nitrogens is 3. The fraction of sp³-hybridized carbons (Fsp3) is 0.167. The number of hydrogen-bond donors (Lipinski definition) is 3. The summed E-state index contributed by atoms with van der Waals surface area (Å²) in [4.78, 5) is 12.2. The molecule has 3 aromatic rings. The number of rotatable bonds is 5. The van der Waals surface area contributed by atoms with Crippen molar-refractivity contribution in [2.75, 3.05) is 5.43 Å². The third-order valence-corrected chi connectivity index (χ3v) is 4.29. The predicted octanol–water partition coefficient (Wildman–Crippen LogP) is 3.37. The van der Waals surface area contributed by atoms with E-state index in [1.54, 1.807) is 16.7 Å². The number of H-pyrrole nitrogens is 1. The second-order valence-corrected chi connectivity index (χ2v) is 6.27. The molecule has 0 fully saturated rings. The molecule has 0 atom stereocenters. The van der Waals surface area contributed by atoms with Crippen LogP contribution in [0.3, 0.4) is 0 Å². The van der Waals surface area contributed by atoms with E-state index in [1.165, 1.54) is 12.1 Å². The lowest BCUT2D eigenvalue weighted by molar-refractivity contribution is -0.120. The Balaban J connectivity index is 1.76. The van der Waals surface area contributed by atoms with Gasteiger partial charge in [0.25, 0.3) is 0 Å². The van der Waals surface area contributed by atoms with Crippen molar-refractivity contribution in [3.05, 3.63) is 70.0 Å². The van der Waals surface area contributed by atoms with Crippen LogP contribution < -0.4 is 10.9 Å². The number of para-hydroxylation sites is 1. The van der Waals surface area contributed by atoms with Crippen molar-refractivity contribution in [3.63, 3.8) is 0 Å². The molecule has 2 aromatic carbocycles. The fourth-order valence-corrected chi connectivity index (χ4v) is 2.72. The zero-order valence-corrected chi connectivity index (χ0v) is 15.2. The number of amides is 1. The summed E-state index contributed by atoms with van der Waals surface area (Å²) >= 11 is 5.29. The van der Waals surface area contributed by atoms with Gasteiger partial charge in [-0.3, -0.25) is 25.3 Å². The maximum Gasteiger partial charge on any atom is 0.245 e. The molecule has 134 valence electrons. The van der Waals surface area contributed by atoms with Crippen molar-refractivity contribution >= 4 is 23.8 Å². The van der Waals surface area contributed by atoms with E-state index in [9.17, 15) is 9.18 Å². The molecule has 0 saturated carbocycles. The third kappa shape index (κ3) is 3.80. The molecule has 0 aliphatic carbocycles. The standard InChI is InChI=1S/C18H18FN5OS/c1-11-7-8-13(9-12(11)2)24-16(21-23-18(24)26)10-17(25)22-20-15-6-4-3-5-14(15)19/h3-9,20H,10H2,1-2H3,(H,22,25)(H,23,26). The van der Waals surface area contributed by atoms with Gasteiger partial charge >= 0.3 is 0 Å². The Labute approximate surface area is 155 Å². The molecule has 0 aliphatic heterocycles. The number of carbonyl (C=O) groups excluding carboxylic acids is 1. The number of hydrazine groups is 1. The second kappa shape index (κ2) is 7.49. The summed E-state index contributed by atoms with van der Waals surface area (Å²) in [5.74, 6) is -0.357. The van der Waals surface area contributed by atoms with Gasteiger partial charge in [0.05, 0.1) is 12.1 Å². The first kappa shape index (κ1) is 17.8. The van der Waals surface area contributed by atoms with Crippen LogP contribution in [-0.2, 0) is 11.2 Å². The molecule has 0 saturated heterocycles. The smallest absolute Gasteiger partial charge is 0.245 e. The van der Waals surface area contributed by atoms with Crippen molar-refractivity contribution < 1.29 is 9.18 Å². The highest BCUT2D eigenvalue weighted by molar-refractivity contribution is 7.71. The van der Waals surface area contributed by atoms with Gasteiger partial charge in [-0.1, -0.05) is 18.2 Å². The summed E-state index contributed by atoms with van der Waals surface area (Å²) < 4.78 is 15.7. The number of aryl methyl sites for hydroxylation is 2.